The number of carbonyl (C=O) groups excluding carboxylic acids is 1. The number of amides is 1. The van der Waals surface area contributed by atoms with E-state index in [2.05, 4.69) is 60.1 Å². The molecule has 4 atom stereocenters. The van der Waals surface area contributed by atoms with Crippen LogP contribution in [0.15, 0.2) is 76.9 Å². The van der Waals surface area contributed by atoms with Crippen molar-refractivity contribution in [2.24, 2.45) is 11.7 Å². The second-order valence-corrected chi connectivity index (χ2v) is 13.8. The van der Waals surface area contributed by atoms with Crippen molar-refractivity contribution in [3.8, 4) is 6.07 Å². The first kappa shape index (κ1) is 35.4. The molecule has 0 bridgehead atoms. The number of halogens is 1. The highest BCUT2D eigenvalue weighted by Gasteiger charge is 2.32. The van der Waals surface area contributed by atoms with Gasteiger partial charge in [0.15, 0.2) is 0 Å². The molecule has 0 aliphatic heterocycles. The van der Waals surface area contributed by atoms with Crippen LogP contribution in [0.5, 0.6) is 0 Å². The number of methoxy groups -OCH3 is 1. The van der Waals surface area contributed by atoms with Crippen molar-refractivity contribution in [3.05, 3.63) is 112 Å². The highest BCUT2D eigenvalue weighted by Crippen LogP contribution is 2.35. The number of nitrogens with zero attached hydrogens (tertiary/aromatic N) is 1. The third-order valence-corrected chi connectivity index (χ3v) is 9.94. The Hall–Kier alpha value is -3.87. The molecule has 5 rings (SSSR count). The summed E-state index contributed by atoms with van der Waals surface area (Å²) in [7, 11) is 1.59. The van der Waals surface area contributed by atoms with Crippen molar-refractivity contribution in [2.75, 3.05) is 13.7 Å². The number of rotatable bonds is 13. The summed E-state index contributed by atoms with van der Waals surface area (Å²) in [6, 6.07) is 21.0. The number of nitrogens with one attached hydrogen (secondary N) is 3. The third kappa shape index (κ3) is 9.18. The van der Waals surface area contributed by atoms with Crippen molar-refractivity contribution in [2.45, 2.75) is 89.0 Å². The second kappa shape index (κ2) is 16.5. The summed E-state index contributed by atoms with van der Waals surface area (Å²) in [5.41, 5.74) is 11.9. The highest BCUT2D eigenvalue weighted by atomic mass is 35.5. The van der Waals surface area contributed by atoms with E-state index < -0.39 is 11.3 Å². The minimum absolute atomic E-state index is 0.152. The first-order valence-electron chi connectivity index (χ1n) is 16.9. The maximum atomic E-state index is 13.9. The molecule has 254 valence electrons. The van der Waals surface area contributed by atoms with Crippen molar-refractivity contribution in [1.29, 1.82) is 5.26 Å². The van der Waals surface area contributed by atoms with E-state index in [1.165, 1.54) is 11.1 Å². The van der Waals surface area contributed by atoms with Crippen molar-refractivity contribution < 1.29 is 13.9 Å². The number of hydrogen-bond acceptors (Lipinski definition) is 7. The smallest absolute Gasteiger partial charge is 0.229 e. The number of furan rings is 1. The van der Waals surface area contributed by atoms with E-state index in [1.807, 2.05) is 43.3 Å². The molecule has 1 fully saturated rings. The van der Waals surface area contributed by atoms with Crippen LogP contribution in [-0.2, 0) is 22.5 Å². The maximum absolute atomic E-state index is 13.9. The quantitative estimate of drug-likeness (QED) is 0.156. The van der Waals surface area contributed by atoms with Gasteiger partial charge in [-0.05, 0) is 93.8 Å². The predicted octanol–water partition coefficient (Wildman–Crippen LogP) is 6.36. The number of ether oxygens (including phenoxy) is 1. The number of alkyl halides is 1. The largest absolute Gasteiger partial charge is 0.496 e. The monoisotopic (exact) mass is 669 g/mol. The predicted molar refractivity (Wildman–Crippen MR) is 191 cm³/mol. The summed E-state index contributed by atoms with van der Waals surface area (Å²) in [4.78, 5) is 13.9. The minimum Gasteiger partial charge on any atom is -0.496 e. The Morgan fingerprint density at radius 3 is 2.52 bits per heavy atom. The topological polar surface area (TPSA) is 125 Å². The minimum atomic E-state index is -0.633. The molecular weight excluding hydrogens is 622 g/mol. The number of aryl methyl sites for hydroxylation is 2. The van der Waals surface area contributed by atoms with Crippen LogP contribution in [0, 0.1) is 31.1 Å². The lowest BCUT2D eigenvalue weighted by molar-refractivity contribution is -0.124. The van der Waals surface area contributed by atoms with Crippen LogP contribution in [0.1, 0.15) is 78.0 Å². The van der Waals surface area contributed by atoms with E-state index >= 15 is 0 Å². The van der Waals surface area contributed by atoms with Gasteiger partial charge in [-0.2, -0.15) is 5.26 Å². The maximum Gasteiger partial charge on any atom is 0.229 e. The number of nitriles is 1. The van der Waals surface area contributed by atoms with E-state index in [0.717, 1.165) is 42.6 Å². The number of benzene rings is 2. The van der Waals surface area contributed by atoms with Gasteiger partial charge in [0.2, 0.25) is 5.91 Å². The average Bonchev–Trinajstić information content (AvgIpc) is 3.56. The molecule has 3 aromatic rings. The zero-order chi connectivity index (χ0) is 34.2. The Morgan fingerprint density at radius 1 is 1.08 bits per heavy atom. The normalized spacial score (nSPS) is 22.2. The molecule has 1 aromatic heterocycles. The molecule has 0 spiro atoms. The molecular formula is C39H48ClN5O3. The lowest BCUT2D eigenvalue weighted by atomic mass is 9.91. The van der Waals surface area contributed by atoms with E-state index in [0.29, 0.717) is 48.2 Å². The molecule has 2 unspecified atom stereocenters. The van der Waals surface area contributed by atoms with Crippen LogP contribution in [0.2, 0.25) is 0 Å². The summed E-state index contributed by atoms with van der Waals surface area (Å²) >= 11 is 6.81. The van der Waals surface area contributed by atoms with Gasteiger partial charge in [0.25, 0.3) is 0 Å². The standard InChI is InChI=1S/C39H48ClN5O3/c1-24-5-8-28(9-6-24)26(3)43-23-33-15-16-37(48-33)35-19-34(36(40)20-38(35)47-4)39(46)45-32(22-44-31-13-11-30(42)12-14-31)18-27-7-10-29(21-41)25(2)17-27/h5-10,15-17,19-20,26,30-32,34,36,43-44H,11-14,18,22-23,42H2,1-4H3,(H,45,46)/t26-,30?,31?,32-,34?,36?/m1/s1. The number of hydrogen-bond donors (Lipinski definition) is 4. The molecule has 2 aliphatic rings. The molecule has 2 aromatic carbocycles. The molecule has 1 heterocycles. The third-order valence-electron chi connectivity index (χ3n) is 9.54. The Balaban J connectivity index is 1.29. The molecule has 5 N–H and O–H groups in total. The lowest BCUT2D eigenvalue weighted by Crippen LogP contribution is -2.49. The van der Waals surface area contributed by atoms with Crippen molar-refractivity contribution in [1.82, 2.24) is 16.0 Å². The Bertz CT molecular complexity index is 1650. The summed E-state index contributed by atoms with van der Waals surface area (Å²) in [6.07, 6.45) is 8.29. The summed E-state index contributed by atoms with van der Waals surface area (Å²) in [5, 5.41) is 19.3. The van der Waals surface area contributed by atoms with E-state index in [4.69, 9.17) is 26.5 Å². The first-order chi connectivity index (χ1) is 23.1. The zero-order valence-electron chi connectivity index (χ0n) is 28.4. The van der Waals surface area contributed by atoms with Gasteiger partial charge in [-0.15, -0.1) is 11.6 Å². The average molecular weight is 670 g/mol. The van der Waals surface area contributed by atoms with Crippen molar-refractivity contribution in [3.63, 3.8) is 0 Å². The van der Waals surface area contributed by atoms with Gasteiger partial charge in [0, 0.05) is 30.7 Å². The fraction of sp³-hybridized carbons (Fsp3) is 0.436. The molecule has 48 heavy (non-hydrogen) atoms. The summed E-state index contributed by atoms with van der Waals surface area (Å²) in [5.74, 6) is 1.17. The van der Waals surface area contributed by atoms with Crippen LogP contribution in [0.25, 0.3) is 5.57 Å². The number of allylic oxidation sites excluding steroid dienone is 2. The highest BCUT2D eigenvalue weighted by molar-refractivity contribution is 6.24. The van der Waals surface area contributed by atoms with Gasteiger partial charge in [0.1, 0.15) is 17.3 Å². The van der Waals surface area contributed by atoms with Crippen LogP contribution < -0.4 is 21.7 Å². The molecule has 1 amide bonds. The summed E-state index contributed by atoms with van der Waals surface area (Å²) in [6.45, 7) is 7.30. The molecule has 8 nitrogen and oxygen atoms in total. The number of nitrogens with two attached hydrogens (primary N) is 1. The Labute approximate surface area is 289 Å². The van der Waals surface area contributed by atoms with Crippen LogP contribution >= 0.6 is 11.6 Å². The van der Waals surface area contributed by atoms with Gasteiger partial charge in [-0.1, -0.05) is 48.0 Å². The molecule has 0 radical (unpaired) electrons. The van der Waals surface area contributed by atoms with Crippen molar-refractivity contribution >= 4 is 23.1 Å². The van der Waals surface area contributed by atoms with E-state index in [1.54, 1.807) is 13.2 Å². The van der Waals surface area contributed by atoms with Crippen LogP contribution in [-0.4, -0.2) is 43.1 Å². The van der Waals surface area contributed by atoms with Gasteiger partial charge >= 0.3 is 0 Å². The van der Waals surface area contributed by atoms with E-state index in [9.17, 15) is 10.1 Å². The van der Waals surface area contributed by atoms with Gasteiger partial charge in [-0.25, -0.2) is 0 Å². The fourth-order valence-corrected chi connectivity index (χ4v) is 6.81. The van der Waals surface area contributed by atoms with Gasteiger partial charge in [0.05, 0.1) is 42.2 Å². The van der Waals surface area contributed by atoms with Crippen LogP contribution in [0.4, 0.5) is 0 Å². The Morgan fingerprint density at radius 2 is 1.83 bits per heavy atom. The van der Waals surface area contributed by atoms with Gasteiger partial charge in [-0.3, -0.25) is 4.79 Å². The fourth-order valence-electron chi connectivity index (χ4n) is 6.50. The Kier molecular flexibility index (Phi) is 12.2. The van der Waals surface area contributed by atoms with Gasteiger partial charge < -0.3 is 30.8 Å². The van der Waals surface area contributed by atoms with E-state index in [-0.39, 0.29) is 24.0 Å². The molecule has 2 aliphatic carbocycles. The SMILES string of the molecule is COC1=CC(Cl)C(C(=O)N[C@@H](CNC2CCC(N)CC2)Cc2ccc(C#N)c(C)c2)C=C1c1ccc(CN[C@H](C)c2ccc(C)cc2)o1. The van der Waals surface area contributed by atoms with Crippen LogP contribution in [0.3, 0.4) is 0 Å². The summed E-state index contributed by atoms with van der Waals surface area (Å²) < 4.78 is 12.0. The molecule has 0 saturated heterocycles. The molecule has 1 saturated carbocycles. The molecule has 9 heteroatoms. The second-order valence-electron chi connectivity index (χ2n) is 13.3. The first-order valence-corrected chi connectivity index (χ1v) is 17.4. The lowest BCUT2D eigenvalue weighted by Gasteiger charge is -2.30. The number of carbonyl (C=O) groups is 1. The zero-order valence-corrected chi connectivity index (χ0v) is 29.1.